The lowest BCUT2D eigenvalue weighted by Gasteiger charge is -2.41. The Balaban J connectivity index is 1.13. The van der Waals surface area contributed by atoms with E-state index in [2.05, 4.69) is 39.9 Å². The number of rotatable bonds is 8. The van der Waals surface area contributed by atoms with Crippen LogP contribution in [-0.4, -0.2) is 66.4 Å². The second-order valence-corrected chi connectivity index (χ2v) is 12.0. The van der Waals surface area contributed by atoms with E-state index in [-0.39, 0.29) is 5.92 Å². The van der Waals surface area contributed by atoms with Gasteiger partial charge in [-0.25, -0.2) is 4.98 Å². The van der Waals surface area contributed by atoms with E-state index in [4.69, 9.17) is 21.1 Å². The second kappa shape index (κ2) is 12.4. The minimum absolute atomic E-state index is 0.277. The molecule has 0 bridgehead atoms. The molecular weight excluding hydrogens is 538 g/mol. The molecule has 0 aliphatic carbocycles. The number of piperidine rings is 2. The number of likely N-dealkylation sites (tertiary alicyclic amines) is 1. The summed E-state index contributed by atoms with van der Waals surface area (Å²) in [6.07, 6.45) is 5.44. The maximum absolute atomic E-state index is 11.4. The number of nitrogens with zero attached hydrogens (tertiary/aromatic N) is 3. The molecule has 7 nitrogen and oxygen atoms in total. The average molecular weight is 576 g/mol. The molecular formula is C33H38ClN3O4. The van der Waals surface area contributed by atoms with Gasteiger partial charge in [0.1, 0.15) is 18.2 Å². The molecule has 0 spiro atoms. The summed E-state index contributed by atoms with van der Waals surface area (Å²) in [6.45, 7) is 8.03. The number of benzene rings is 2. The number of anilines is 1. The molecule has 4 heterocycles. The van der Waals surface area contributed by atoms with Crippen molar-refractivity contribution in [2.24, 2.45) is 5.92 Å². The third-order valence-electron chi connectivity index (χ3n) is 9.07. The third kappa shape index (κ3) is 6.22. The molecule has 0 atom stereocenters. The quantitative estimate of drug-likeness (QED) is 0.344. The molecule has 2 aromatic carbocycles. The lowest BCUT2D eigenvalue weighted by molar-refractivity contribution is -0.142. The first-order chi connectivity index (χ1) is 20.0. The molecule has 216 valence electrons. The fourth-order valence-corrected chi connectivity index (χ4v) is 6.54. The normalized spacial score (nSPS) is 19.2. The van der Waals surface area contributed by atoms with Crippen molar-refractivity contribution in [1.29, 1.82) is 0 Å². The van der Waals surface area contributed by atoms with Gasteiger partial charge in [-0.3, -0.25) is 9.69 Å². The number of pyridine rings is 1. The first kappa shape index (κ1) is 28.0. The Morgan fingerprint density at radius 1 is 1.05 bits per heavy atom. The number of ether oxygens (including phenoxy) is 2. The number of aryl methyl sites for hydroxylation is 1. The van der Waals surface area contributed by atoms with Crippen LogP contribution in [0.5, 0.6) is 5.75 Å². The van der Waals surface area contributed by atoms with Gasteiger partial charge in [0, 0.05) is 24.8 Å². The summed E-state index contributed by atoms with van der Waals surface area (Å²) in [5.74, 6) is 1.12. The molecule has 0 unspecified atom stereocenters. The van der Waals surface area contributed by atoms with Crippen molar-refractivity contribution in [2.75, 3.05) is 44.3 Å². The number of hydrogen-bond donors (Lipinski definition) is 1. The molecule has 3 aromatic rings. The van der Waals surface area contributed by atoms with Gasteiger partial charge >= 0.3 is 5.97 Å². The Morgan fingerprint density at radius 3 is 2.51 bits per heavy atom. The zero-order valence-corrected chi connectivity index (χ0v) is 24.4. The van der Waals surface area contributed by atoms with Crippen molar-refractivity contribution in [3.63, 3.8) is 0 Å². The topological polar surface area (TPSA) is 75.1 Å². The van der Waals surface area contributed by atoms with Crippen molar-refractivity contribution in [3.05, 3.63) is 76.4 Å². The predicted octanol–water partition coefficient (Wildman–Crippen LogP) is 6.17. The first-order valence-corrected chi connectivity index (χ1v) is 15.1. The lowest BCUT2D eigenvalue weighted by Crippen LogP contribution is -2.51. The summed E-state index contributed by atoms with van der Waals surface area (Å²) in [5.41, 5.74) is 5.70. The van der Waals surface area contributed by atoms with Crippen molar-refractivity contribution >= 4 is 23.4 Å². The van der Waals surface area contributed by atoms with Crippen LogP contribution in [0.4, 0.5) is 5.82 Å². The summed E-state index contributed by atoms with van der Waals surface area (Å²) in [6, 6.07) is 17.3. The van der Waals surface area contributed by atoms with E-state index >= 15 is 0 Å². The number of carboxylic acids is 1. The van der Waals surface area contributed by atoms with E-state index in [9.17, 15) is 9.90 Å². The minimum atomic E-state index is -0.711. The molecule has 0 saturated carbocycles. The van der Waals surface area contributed by atoms with E-state index in [1.54, 1.807) is 6.20 Å². The Hall–Kier alpha value is -3.13. The molecule has 3 saturated heterocycles. The van der Waals surface area contributed by atoms with Crippen LogP contribution in [-0.2, 0) is 16.1 Å². The molecule has 41 heavy (non-hydrogen) atoms. The number of carboxylic acid groups (broad SMARTS) is 1. The van der Waals surface area contributed by atoms with Crippen LogP contribution in [0.1, 0.15) is 48.3 Å². The van der Waals surface area contributed by atoms with E-state index in [0.29, 0.717) is 55.3 Å². The molecule has 0 amide bonds. The van der Waals surface area contributed by atoms with Gasteiger partial charge in [-0.1, -0.05) is 41.9 Å². The average Bonchev–Trinajstić information content (AvgIpc) is 2.96. The molecule has 3 aliphatic rings. The predicted molar refractivity (Wildman–Crippen MR) is 161 cm³/mol. The Labute approximate surface area is 247 Å². The summed E-state index contributed by atoms with van der Waals surface area (Å²) in [7, 11) is 0. The van der Waals surface area contributed by atoms with E-state index in [0.717, 1.165) is 48.8 Å². The zero-order valence-electron chi connectivity index (χ0n) is 23.6. The summed E-state index contributed by atoms with van der Waals surface area (Å²) in [5, 5.41) is 9.91. The highest BCUT2D eigenvalue weighted by molar-refractivity contribution is 6.32. The maximum Gasteiger partial charge on any atom is 0.306 e. The number of carbonyl (C=O) groups is 1. The Morgan fingerprint density at radius 2 is 1.83 bits per heavy atom. The first-order valence-electron chi connectivity index (χ1n) is 14.7. The van der Waals surface area contributed by atoms with Crippen LogP contribution in [0.25, 0.3) is 11.1 Å². The zero-order chi connectivity index (χ0) is 28.3. The van der Waals surface area contributed by atoms with Crippen LogP contribution >= 0.6 is 11.6 Å². The van der Waals surface area contributed by atoms with Gasteiger partial charge in [-0.2, -0.15) is 0 Å². The second-order valence-electron chi connectivity index (χ2n) is 11.6. The van der Waals surface area contributed by atoms with Gasteiger partial charge in [0.05, 0.1) is 30.2 Å². The smallest absolute Gasteiger partial charge is 0.306 e. The van der Waals surface area contributed by atoms with Crippen LogP contribution in [0.3, 0.4) is 0 Å². The fourth-order valence-electron chi connectivity index (χ4n) is 6.31. The molecule has 3 fully saturated rings. The van der Waals surface area contributed by atoms with E-state index in [1.807, 2.05) is 30.3 Å². The number of halogens is 1. The summed E-state index contributed by atoms with van der Waals surface area (Å²) < 4.78 is 11.8. The van der Waals surface area contributed by atoms with Gasteiger partial charge in [-0.05, 0) is 92.1 Å². The number of para-hydroxylation sites is 1. The van der Waals surface area contributed by atoms with Gasteiger partial charge in [0.2, 0.25) is 0 Å². The Bertz CT molecular complexity index is 1380. The molecule has 6 rings (SSSR count). The molecule has 8 heteroatoms. The minimum Gasteiger partial charge on any atom is -0.487 e. The van der Waals surface area contributed by atoms with Gasteiger partial charge < -0.3 is 19.5 Å². The van der Waals surface area contributed by atoms with Gasteiger partial charge in [-0.15, -0.1) is 0 Å². The monoisotopic (exact) mass is 575 g/mol. The summed E-state index contributed by atoms with van der Waals surface area (Å²) >= 11 is 6.68. The van der Waals surface area contributed by atoms with Crippen LogP contribution < -0.4 is 9.64 Å². The van der Waals surface area contributed by atoms with Crippen molar-refractivity contribution in [1.82, 2.24) is 9.88 Å². The standard InChI is InChI=1S/C33H38ClN3O4/c1-22-17-25(23-8-13-36(14-9-23)28-20-40-21-28)5-6-27(22)19-41-32-29(3-2-4-30(32)34)26-7-12-35-31(18-26)37-15-10-24(11-16-37)33(38)39/h2-7,12,17-18,23-24,28H,8-11,13-16,19-21H2,1H3,(H,38,39). The fraction of sp³-hybridized carbons (Fsp3) is 0.455. The largest absolute Gasteiger partial charge is 0.487 e. The van der Waals surface area contributed by atoms with Crippen molar-refractivity contribution in [2.45, 2.75) is 51.2 Å². The lowest BCUT2D eigenvalue weighted by atomic mass is 9.87. The maximum atomic E-state index is 11.4. The van der Waals surface area contributed by atoms with Crippen LogP contribution in [0.15, 0.2) is 54.7 Å². The van der Waals surface area contributed by atoms with Crippen molar-refractivity contribution < 1.29 is 19.4 Å². The molecule has 0 radical (unpaired) electrons. The van der Waals surface area contributed by atoms with E-state index in [1.165, 1.54) is 24.0 Å². The number of hydrogen-bond acceptors (Lipinski definition) is 6. The number of aromatic nitrogens is 1. The van der Waals surface area contributed by atoms with E-state index < -0.39 is 5.97 Å². The van der Waals surface area contributed by atoms with Crippen LogP contribution in [0.2, 0.25) is 5.02 Å². The number of aliphatic carboxylic acids is 1. The molecule has 3 aliphatic heterocycles. The molecule has 1 aromatic heterocycles. The highest BCUT2D eigenvalue weighted by Gasteiger charge is 2.30. The van der Waals surface area contributed by atoms with Gasteiger partial charge in [0.15, 0.2) is 0 Å². The van der Waals surface area contributed by atoms with Gasteiger partial charge in [0.25, 0.3) is 0 Å². The van der Waals surface area contributed by atoms with Crippen molar-refractivity contribution in [3.8, 4) is 16.9 Å². The highest BCUT2D eigenvalue weighted by Crippen LogP contribution is 2.38. The summed E-state index contributed by atoms with van der Waals surface area (Å²) in [4.78, 5) is 20.7. The Kier molecular flexibility index (Phi) is 8.47. The van der Waals surface area contributed by atoms with Crippen LogP contribution in [0, 0.1) is 12.8 Å². The third-order valence-corrected chi connectivity index (χ3v) is 9.37. The molecule has 1 N–H and O–H groups in total. The highest BCUT2D eigenvalue weighted by atomic mass is 35.5. The SMILES string of the molecule is Cc1cc(C2CCN(C3COC3)CC2)ccc1COc1c(Cl)cccc1-c1ccnc(N2CCC(C(=O)O)CC2)c1.